The van der Waals surface area contributed by atoms with E-state index >= 15 is 0 Å². The Morgan fingerprint density at radius 1 is 1.35 bits per heavy atom. The van der Waals surface area contributed by atoms with Crippen LogP contribution in [0, 0.1) is 0 Å². The normalized spacial score (nSPS) is 21.5. The van der Waals surface area contributed by atoms with Crippen LogP contribution in [0.15, 0.2) is 0 Å². The first-order valence-electron chi connectivity index (χ1n) is 6.13. The SMILES string of the molecule is NCCCC[C@H](N)C(=O)C1CCCN1C(N)=O. The van der Waals surface area contributed by atoms with Crippen LogP contribution in [0.4, 0.5) is 4.79 Å². The van der Waals surface area contributed by atoms with Gasteiger partial charge in [-0.05, 0) is 32.2 Å². The molecule has 1 rings (SSSR count). The molecule has 0 aromatic rings. The summed E-state index contributed by atoms with van der Waals surface area (Å²) < 4.78 is 0. The van der Waals surface area contributed by atoms with E-state index in [9.17, 15) is 9.59 Å². The number of likely N-dealkylation sites (tertiary alicyclic amines) is 1. The molecule has 1 fully saturated rings. The maximum atomic E-state index is 12.0. The Bertz CT molecular complexity index is 283. The van der Waals surface area contributed by atoms with Crippen LogP contribution >= 0.6 is 0 Å². The number of carbonyl (C=O) groups excluding carboxylic acids is 2. The highest BCUT2D eigenvalue weighted by atomic mass is 16.2. The summed E-state index contributed by atoms with van der Waals surface area (Å²) in [5.74, 6) is -0.0710. The van der Waals surface area contributed by atoms with Crippen molar-refractivity contribution in [2.45, 2.75) is 44.2 Å². The van der Waals surface area contributed by atoms with Crippen LogP contribution in [0.1, 0.15) is 32.1 Å². The molecule has 6 N–H and O–H groups in total. The van der Waals surface area contributed by atoms with Gasteiger partial charge in [-0.3, -0.25) is 4.79 Å². The molecule has 0 saturated carbocycles. The van der Waals surface area contributed by atoms with Crippen molar-refractivity contribution in [2.24, 2.45) is 17.2 Å². The summed E-state index contributed by atoms with van der Waals surface area (Å²) in [5.41, 5.74) is 16.4. The number of nitrogens with zero attached hydrogens (tertiary/aromatic N) is 1. The van der Waals surface area contributed by atoms with Gasteiger partial charge < -0.3 is 22.1 Å². The third-order valence-electron chi connectivity index (χ3n) is 3.20. The highest BCUT2D eigenvalue weighted by Gasteiger charge is 2.35. The van der Waals surface area contributed by atoms with Gasteiger partial charge in [-0.1, -0.05) is 6.42 Å². The first-order chi connectivity index (χ1) is 8.07. The fourth-order valence-corrected chi connectivity index (χ4v) is 2.22. The maximum absolute atomic E-state index is 12.0. The van der Waals surface area contributed by atoms with E-state index in [1.807, 2.05) is 0 Å². The number of carbonyl (C=O) groups is 2. The van der Waals surface area contributed by atoms with Crippen molar-refractivity contribution in [3.8, 4) is 0 Å². The van der Waals surface area contributed by atoms with Gasteiger partial charge in [-0.2, -0.15) is 0 Å². The lowest BCUT2D eigenvalue weighted by Gasteiger charge is -2.24. The van der Waals surface area contributed by atoms with Crippen molar-refractivity contribution < 1.29 is 9.59 Å². The van der Waals surface area contributed by atoms with E-state index in [1.165, 1.54) is 4.90 Å². The van der Waals surface area contributed by atoms with Crippen LogP contribution in [0.25, 0.3) is 0 Å². The number of hydrogen-bond acceptors (Lipinski definition) is 4. The third-order valence-corrected chi connectivity index (χ3v) is 3.20. The molecule has 0 bridgehead atoms. The Balaban J connectivity index is 2.47. The van der Waals surface area contributed by atoms with Crippen molar-refractivity contribution in [3.63, 3.8) is 0 Å². The first kappa shape index (κ1) is 13.9. The predicted octanol–water partition coefficient (Wildman–Crippen LogP) is -0.445. The molecule has 0 radical (unpaired) electrons. The van der Waals surface area contributed by atoms with Gasteiger partial charge >= 0.3 is 6.03 Å². The Morgan fingerprint density at radius 3 is 2.65 bits per heavy atom. The minimum atomic E-state index is -0.532. The van der Waals surface area contributed by atoms with Crippen LogP contribution in [0.3, 0.4) is 0 Å². The van der Waals surface area contributed by atoms with Crippen molar-refractivity contribution >= 4 is 11.8 Å². The maximum Gasteiger partial charge on any atom is 0.315 e. The van der Waals surface area contributed by atoms with Crippen molar-refractivity contribution in [2.75, 3.05) is 13.1 Å². The summed E-state index contributed by atoms with van der Waals surface area (Å²) in [6.45, 7) is 1.17. The number of primary amides is 1. The Labute approximate surface area is 101 Å². The molecule has 0 aliphatic carbocycles. The van der Waals surface area contributed by atoms with Crippen molar-refractivity contribution in [1.82, 2.24) is 4.90 Å². The van der Waals surface area contributed by atoms with Gasteiger partial charge in [0.1, 0.15) is 0 Å². The Kier molecular flexibility index (Phi) is 5.37. The quantitative estimate of drug-likeness (QED) is 0.547. The topological polar surface area (TPSA) is 115 Å². The smallest absolute Gasteiger partial charge is 0.315 e. The molecule has 0 spiro atoms. The second-order valence-corrected chi connectivity index (χ2v) is 4.48. The van der Waals surface area contributed by atoms with E-state index < -0.39 is 18.1 Å². The molecular weight excluding hydrogens is 220 g/mol. The Morgan fingerprint density at radius 2 is 2.06 bits per heavy atom. The van der Waals surface area contributed by atoms with Gasteiger partial charge in [0.2, 0.25) is 0 Å². The van der Waals surface area contributed by atoms with Crippen molar-refractivity contribution in [1.29, 1.82) is 0 Å². The average molecular weight is 242 g/mol. The molecule has 0 aromatic carbocycles. The highest BCUT2D eigenvalue weighted by molar-refractivity contribution is 5.92. The van der Waals surface area contributed by atoms with E-state index in [4.69, 9.17) is 17.2 Å². The monoisotopic (exact) mass is 242 g/mol. The second-order valence-electron chi connectivity index (χ2n) is 4.48. The number of amides is 2. The number of rotatable bonds is 6. The molecule has 2 atom stereocenters. The fraction of sp³-hybridized carbons (Fsp3) is 0.818. The lowest BCUT2D eigenvalue weighted by atomic mass is 9.99. The molecule has 1 saturated heterocycles. The summed E-state index contributed by atoms with van der Waals surface area (Å²) in [6, 6.07) is -1.46. The number of ketones is 1. The second kappa shape index (κ2) is 6.56. The number of hydrogen-bond donors (Lipinski definition) is 3. The highest BCUT2D eigenvalue weighted by Crippen LogP contribution is 2.19. The van der Waals surface area contributed by atoms with Crippen molar-refractivity contribution in [3.05, 3.63) is 0 Å². The summed E-state index contributed by atoms with van der Waals surface area (Å²) in [5, 5.41) is 0. The zero-order chi connectivity index (χ0) is 12.8. The van der Waals surface area contributed by atoms with Gasteiger partial charge in [-0.25, -0.2) is 4.79 Å². The molecule has 98 valence electrons. The summed E-state index contributed by atoms with van der Waals surface area (Å²) >= 11 is 0. The molecule has 17 heavy (non-hydrogen) atoms. The number of Topliss-reactive ketones (excluding diaryl/α,β-unsaturated/α-hetero) is 1. The summed E-state index contributed by atoms with van der Waals surface area (Å²) in [7, 11) is 0. The van der Waals surface area contributed by atoms with E-state index in [1.54, 1.807) is 0 Å². The number of urea groups is 1. The lowest BCUT2D eigenvalue weighted by molar-refractivity contribution is -0.124. The largest absolute Gasteiger partial charge is 0.351 e. The molecule has 1 heterocycles. The van der Waals surface area contributed by atoms with Crippen LogP contribution in [0.2, 0.25) is 0 Å². The molecule has 1 unspecified atom stereocenters. The van der Waals surface area contributed by atoms with Gasteiger partial charge in [0.15, 0.2) is 5.78 Å². The minimum Gasteiger partial charge on any atom is -0.351 e. The van der Waals surface area contributed by atoms with Gasteiger partial charge in [0, 0.05) is 6.54 Å². The molecular formula is C11H22N4O2. The standard InChI is InChI=1S/C11H22N4O2/c12-6-2-1-4-8(13)10(16)9-5-3-7-15(9)11(14)17/h8-9H,1-7,12-13H2,(H2,14,17)/t8-,9?/m0/s1. The molecule has 1 aliphatic heterocycles. The lowest BCUT2D eigenvalue weighted by Crippen LogP contribution is -2.49. The predicted molar refractivity (Wildman–Crippen MR) is 65.2 cm³/mol. The van der Waals surface area contributed by atoms with E-state index in [-0.39, 0.29) is 5.78 Å². The summed E-state index contributed by atoms with van der Waals surface area (Å²) in [4.78, 5) is 24.6. The van der Waals surface area contributed by atoms with E-state index in [0.29, 0.717) is 25.9 Å². The summed E-state index contributed by atoms with van der Waals surface area (Å²) in [6.07, 6.45) is 3.82. The van der Waals surface area contributed by atoms with Crippen LogP contribution in [0.5, 0.6) is 0 Å². The molecule has 6 nitrogen and oxygen atoms in total. The molecule has 0 aromatic heterocycles. The number of nitrogens with two attached hydrogens (primary N) is 3. The first-order valence-corrected chi connectivity index (χ1v) is 6.13. The van der Waals surface area contributed by atoms with E-state index in [2.05, 4.69) is 0 Å². The van der Waals surface area contributed by atoms with Crippen LogP contribution in [-0.4, -0.2) is 41.9 Å². The zero-order valence-electron chi connectivity index (χ0n) is 10.1. The molecule has 2 amide bonds. The van der Waals surface area contributed by atoms with Gasteiger partial charge in [-0.15, -0.1) is 0 Å². The molecule has 6 heteroatoms. The zero-order valence-corrected chi connectivity index (χ0v) is 10.1. The van der Waals surface area contributed by atoms with Gasteiger partial charge in [0.25, 0.3) is 0 Å². The Hall–Kier alpha value is -1.14. The van der Waals surface area contributed by atoms with Crippen LogP contribution < -0.4 is 17.2 Å². The van der Waals surface area contributed by atoms with Gasteiger partial charge in [0.05, 0.1) is 12.1 Å². The van der Waals surface area contributed by atoms with E-state index in [0.717, 1.165) is 19.3 Å². The van der Waals surface area contributed by atoms with Crippen LogP contribution in [-0.2, 0) is 4.79 Å². The third kappa shape index (κ3) is 3.67. The number of unbranched alkanes of at least 4 members (excludes halogenated alkanes) is 1. The molecule has 1 aliphatic rings. The fourth-order valence-electron chi connectivity index (χ4n) is 2.22. The minimum absolute atomic E-state index is 0.0710. The average Bonchev–Trinajstić information content (AvgIpc) is 2.77.